The molecule has 6 N–H and O–H groups in total. The molecule has 0 spiro atoms. The van der Waals surface area contributed by atoms with Gasteiger partial charge in [0.1, 0.15) is 12.4 Å². The lowest BCUT2D eigenvalue weighted by Gasteiger charge is -2.15. The summed E-state index contributed by atoms with van der Waals surface area (Å²) in [4.78, 5) is 3.40. The Bertz CT molecular complexity index is 1360. The maximum absolute atomic E-state index is 11.5. The molecule has 33 heavy (non-hydrogen) atoms. The Hall–Kier alpha value is -2.98. The summed E-state index contributed by atoms with van der Waals surface area (Å²) in [6.07, 6.45) is 0.228. The van der Waals surface area contributed by atoms with Crippen LogP contribution in [0, 0.1) is 0 Å². The first-order valence-corrected chi connectivity index (χ1v) is 12.1. The molecule has 4 aromatic rings. The highest BCUT2D eigenvalue weighted by atomic mass is 35.5. The second-order valence-electron chi connectivity index (χ2n) is 7.67. The van der Waals surface area contributed by atoms with Crippen molar-refractivity contribution in [3.05, 3.63) is 66.2 Å². The molecule has 0 aliphatic heterocycles. The van der Waals surface area contributed by atoms with Crippen LogP contribution in [0.15, 0.2) is 60.7 Å². The first-order chi connectivity index (χ1) is 15.3. The van der Waals surface area contributed by atoms with Crippen molar-refractivity contribution in [3.63, 3.8) is 0 Å². The average molecular weight is 491 g/mol. The van der Waals surface area contributed by atoms with Crippen molar-refractivity contribution in [2.24, 2.45) is 0 Å². The summed E-state index contributed by atoms with van der Waals surface area (Å²) in [5, 5.41) is 15.9. The number of H-pyrrole nitrogens is 1. The third-order valence-corrected chi connectivity index (χ3v) is 5.71. The van der Waals surface area contributed by atoms with Crippen molar-refractivity contribution in [1.29, 1.82) is 0 Å². The second-order valence-corrected chi connectivity index (χ2v) is 9.42. The number of aliphatic hydroxyl groups excluding tert-OH is 1. The minimum atomic E-state index is -3.46. The number of nitrogens with two attached hydrogens (primary N) is 1. The number of hydrogen-bond donors (Lipinski definition) is 5. The van der Waals surface area contributed by atoms with E-state index in [1.807, 2.05) is 36.4 Å². The molecule has 0 amide bonds. The largest absolute Gasteiger partial charge is 0.492 e. The van der Waals surface area contributed by atoms with Gasteiger partial charge in [-0.05, 0) is 35.9 Å². The van der Waals surface area contributed by atoms with Crippen LogP contribution in [-0.4, -0.2) is 44.5 Å². The Kier molecular flexibility index (Phi) is 7.70. The number of nitrogens with one attached hydrogen (secondary N) is 3. The smallest absolute Gasteiger partial charge is 0.229 e. The Labute approximate surface area is 198 Å². The number of benzene rings is 3. The van der Waals surface area contributed by atoms with Crippen LogP contribution >= 0.6 is 12.4 Å². The number of aromatic amines is 1. The van der Waals surface area contributed by atoms with E-state index in [9.17, 15) is 13.5 Å². The van der Waals surface area contributed by atoms with Gasteiger partial charge in [0.25, 0.3) is 0 Å². The summed E-state index contributed by atoms with van der Waals surface area (Å²) in [5.74, 6) is 0.765. The van der Waals surface area contributed by atoms with Crippen molar-refractivity contribution in [3.8, 4) is 5.75 Å². The number of anilines is 2. The fourth-order valence-corrected chi connectivity index (χ4v) is 4.17. The number of fused-ring (bicyclic) bond motifs is 3. The fraction of sp³-hybridized carbons (Fsp3) is 0.217. The minimum Gasteiger partial charge on any atom is -0.492 e. The summed E-state index contributed by atoms with van der Waals surface area (Å²) in [5.41, 5.74) is 9.02. The van der Waals surface area contributed by atoms with E-state index in [1.54, 1.807) is 12.1 Å². The summed E-state index contributed by atoms with van der Waals surface area (Å²) >= 11 is 0. The van der Waals surface area contributed by atoms with Gasteiger partial charge in [0.15, 0.2) is 0 Å². The van der Waals surface area contributed by atoms with E-state index < -0.39 is 16.1 Å². The van der Waals surface area contributed by atoms with Crippen molar-refractivity contribution in [1.82, 2.24) is 10.3 Å². The maximum atomic E-state index is 11.5. The van der Waals surface area contributed by atoms with E-state index in [-0.39, 0.29) is 24.6 Å². The van der Waals surface area contributed by atoms with E-state index >= 15 is 0 Å². The Balaban J connectivity index is 0.00000306. The molecule has 4 rings (SSSR count). The van der Waals surface area contributed by atoms with E-state index in [0.29, 0.717) is 24.4 Å². The van der Waals surface area contributed by atoms with Gasteiger partial charge in [0.2, 0.25) is 10.0 Å². The monoisotopic (exact) mass is 490 g/mol. The van der Waals surface area contributed by atoms with E-state index in [2.05, 4.69) is 21.1 Å². The zero-order chi connectivity index (χ0) is 22.7. The molecule has 0 aliphatic carbocycles. The number of halogens is 1. The molecule has 0 radical (unpaired) electrons. The molecule has 0 bridgehead atoms. The third kappa shape index (κ3) is 6.08. The molecule has 1 unspecified atom stereocenters. The molecule has 0 saturated heterocycles. The summed E-state index contributed by atoms with van der Waals surface area (Å²) in [7, 11) is -3.46. The first-order valence-electron chi connectivity index (χ1n) is 10.2. The number of aliphatic hydroxyl groups is 1. The zero-order valence-corrected chi connectivity index (χ0v) is 19.7. The number of aromatic nitrogens is 1. The van der Waals surface area contributed by atoms with E-state index in [4.69, 9.17) is 10.5 Å². The van der Waals surface area contributed by atoms with Gasteiger partial charge in [-0.3, -0.25) is 4.72 Å². The molecule has 176 valence electrons. The molecule has 1 aromatic heterocycles. The normalized spacial score (nSPS) is 12.4. The quantitative estimate of drug-likeness (QED) is 0.180. The fourth-order valence-electron chi connectivity index (χ4n) is 3.59. The highest BCUT2D eigenvalue weighted by molar-refractivity contribution is 7.92. The van der Waals surface area contributed by atoms with Crippen LogP contribution in [0.2, 0.25) is 0 Å². The number of sulfonamides is 1. The van der Waals surface area contributed by atoms with Gasteiger partial charge < -0.3 is 25.9 Å². The van der Waals surface area contributed by atoms with Gasteiger partial charge in [-0.15, -0.1) is 12.4 Å². The van der Waals surface area contributed by atoms with Crippen molar-refractivity contribution < 1.29 is 18.3 Å². The Morgan fingerprint density at radius 1 is 1.06 bits per heavy atom. The number of nitrogen functional groups attached to an aromatic ring is 1. The summed E-state index contributed by atoms with van der Waals surface area (Å²) in [6, 6.07) is 18.9. The second kappa shape index (κ2) is 10.3. The highest BCUT2D eigenvalue weighted by Crippen LogP contribution is 2.28. The van der Waals surface area contributed by atoms with Crippen LogP contribution in [0.3, 0.4) is 0 Å². The highest BCUT2D eigenvalue weighted by Gasteiger charge is 2.12. The van der Waals surface area contributed by atoms with Gasteiger partial charge in [-0.25, -0.2) is 8.42 Å². The zero-order valence-electron chi connectivity index (χ0n) is 18.0. The Morgan fingerprint density at radius 3 is 2.61 bits per heavy atom. The molecule has 1 heterocycles. The summed E-state index contributed by atoms with van der Waals surface area (Å²) < 4.78 is 31.1. The van der Waals surface area contributed by atoms with E-state index in [0.717, 1.165) is 28.4 Å². The van der Waals surface area contributed by atoms with Crippen LogP contribution in [0.25, 0.3) is 21.8 Å². The molecule has 3 aromatic carbocycles. The molecule has 0 fully saturated rings. The van der Waals surface area contributed by atoms with Gasteiger partial charge in [-0.1, -0.05) is 24.3 Å². The van der Waals surface area contributed by atoms with Gasteiger partial charge in [0.05, 0.1) is 29.3 Å². The molecular weight excluding hydrogens is 464 g/mol. The third-order valence-electron chi connectivity index (χ3n) is 5.12. The summed E-state index contributed by atoms with van der Waals surface area (Å²) in [6.45, 7) is 1.25. The molecule has 1 atom stereocenters. The first kappa shape index (κ1) is 24.7. The number of ether oxygens (including phenoxy) is 1. The van der Waals surface area contributed by atoms with Gasteiger partial charge in [-0.2, -0.15) is 0 Å². The topological polar surface area (TPSA) is 129 Å². The lowest BCUT2D eigenvalue weighted by molar-refractivity contribution is 0.172. The van der Waals surface area contributed by atoms with Crippen molar-refractivity contribution >= 4 is 55.6 Å². The molecule has 10 heteroatoms. The molecule has 0 aliphatic rings. The number of para-hydroxylation sites is 1. The van der Waals surface area contributed by atoms with Gasteiger partial charge >= 0.3 is 0 Å². The lowest BCUT2D eigenvalue weighted by Crippen LogP contribution is -2.26. The average Bonchev–Trinajstić information content (AvgIpc) is 3.11. The number of rotatable bonds is 9. The van der Waals surface area contributed by atoms with Crippen LogP contribution in [-0.2, 0) is 10.0 Å². The molecule has 8 nitrogen and oxygen atoms in total. The maximum Gasteiger partial charge on any atom is 0.229 e. The minimum absolute atomic E-state index is 0. The SMILES string of the molecule is CS(=O)(=O)Nc1cc(C(O)CNCCOc2ccc3c(c2)[nH]c2ccccc23)ccc1N.Cl. The van der Waals surface area contributed by atoms with Crippen LogP contribution in [0.4, 0.5) is 11.4 Å². The molecule has 0 saturated carbocycles. The lowest BCUT2D eigenvalue weighted by atomic mass is 10.1. The van der Waals surface area contributed by atoms with Crippen molar-refractivity contribution in [2.75, 3.05) is 36.4 Å². The van der Waals surface area contributed by atoms with Gasteiger partial charge in [0, 0.05) is 35.4 Å². The van der Waals surface area contributed by atoms with Crippen LogP contribution < -0.4 is 20.5 Å². The number of hydrogen-bond acceptors (Lipinski definition) is 6. The van der Waals surface area contributed by atoms with Crippen LogP contribution in [0.5, 0.6) is 5.75 Å². The predicted octanol–water partition coefficient (Wildman–Crippen LogP) is 3.40. The van der Waals surface area contributed by atoms with Crippen LogP contribution in [0.1, 0.15) is 11.7 Å². The predicted molar refractivity (Wildman–Crippen MR) is 136 cm³/mol. The molecular formula is C23H27ClN4O4S. The van der Waals surface area contributed by atoms with E-state index in [1.165, 1.54) is 11.5 Å². The Morgan fingerprint density at radius 2 is 1.82 bits per heavy atom. The standard InChI is InChI=1S/C23H26N4O4S.ClH/c1-32(29,30)27-22-12-15(6-9-19(22)24)23(28)14-25-10-11-31-16-7-8-18-17-4-2-3-5-20(17)26-21(18)13-16;/h2-9,12-13,23,25-28H,10-11,14,24H2,1H3;1H. The van der Waals surface area contributed by atoms with Crippen molar-refractivity contribution in [2.45, 2.75) is 6.10 Å².